The van der Waals surface area contributed by atoms with Crippen LogP contribution in [0.15, 0.2) is 52.4 Å². The summed E-state index contributed by atoms with van der Waals surface area (Å²) in [7, 11) is 3.41. The summed E-state index contributed by atoms with van der Waals surface area (Å²) in [4.78, 5) is 30.3. The smallest absolute Gasteiger partial charge is 0.278 e. The van der Waals surface area contributed by atoms with Gasteiger partial charge in [0.15, 0.2) is 5.16 Å². The van der Waals surface area contributed by atoms with Gasteiger partial charge >= 0.3 is 0 Å². The van der Waals surface area contributed by atoms with Gasteiger partial charge in [0.2, 0.25) is 5.91 Å². The Morgan fingerprint density at radius 2 is 2.03 bits per heavy atom. The molecule has 0 radical (unpaired) electrons. The molecule has 1 N–H and O–H groups in total. The lowest BCUT2D eigenvalue weighted by Gasteiger charge is -2.11. The Balaban J connectivity index is 1.72. The van der Waals surface area contributed by atoms with Gasteiger partial charge in [0.1, 0.15) is 22.6 Å². The van der Waals surface area contributed by atoms with Gasteiger partial charge in [-0.05, 0) is 37.3 Å². The molecule has 2 aromatic carbocycles. The van der Waals surface area contributed by atoms with Crippen LogP contribution in [0.4, 0.5) is 10.1 Å². The van der Waals surface area contributed by atoms with Gasteiger partial charge in [0, 0.05) is 19.0 Å². The summed E-state index contributed by atoms with van der Waals surface area (Å²) < 4.78 is 22.5. The van der Waals surface area contributed by atoms with E-state index in [0.29, 0.717) is 28.5 Å². The van der Waals surface area contributed by atoms with Crippen molar-refractivity contribution in [2.75, 3.05) is 18.2 Å². The van der Waals surface area contributed by atoms with Crippen molar-refractivity contribution in [1.29, 1.82) is 0 Å². The number of carbonyl (C=O) groups is 1. The molecule has 2 aromatic heterocycles. The molecule has 9 heteroatoms. The maximum atomic E-state index is 13.8. The highest BCUT2D eigenvalue weighted by Gasteiger charge is 2.19. The van der Waals surface area contributed by atoms with Crippen molar-refractivity contribution in [2.24, 2.45) is 7.05 Å². The number of thioether (sulfide) groups is 1. The van der Waals surface area contributed by atoms with E-state index < -0.39 is 5.82 Å². The zero-order chi connectivity index (χ0) is 22.1. The van der Waals surface area contributed by atoms with Gasteiger partial charge < -0.3 is 14.6 Å². The SMILES string of the molecule is CCn1c(SCC(=O)Nc2ccccc2F)nc2c3cc(OC)ccc3n(C)c2c1=O. The van der Waals surface area contributed by atoms with Gasteiger partial charge in [0.05, 0.1) is 24.1 Å². The van der Waals surface area contributed by atoms with E-state index in [0.717, 1.165) is 22.7 Å². The number of aryl methyl sites for hydroxylation is 1. The Morgan fingerprint density at radius 1 is 1.26 bits per heavy atom. The van der Waals surface area contributed by atoms with E-state index >= 15 is 0 Å². The molecule has 31 heavy (non-hydrogen) atoms. The van der Waals surface area contributed by atoms with Gasteiger partial charge in [0.25, 0.3) is 5.56 Å². The number of amides is 1. The number of benzene rings is 2. The number of carbonyl (C=O) groups excluding carboxylic acids is 1. The number of halogens is 1. The van der Waals surface area contributed by atoms with Crippen molar-refractivity contribution >= 4 is 45.3 Å². The third-order valence-corrected chi connectivity index (χ3v) is 6.04. The van der Waals surface area contributed by atoms with Crippen molar-refractivity contribution in [1.82, 2.24) is 14.1 Å². The Bertz CT molecular complexity index is 1360. The minimum atomic E-state index is -0.504. The number of nitrogens with one attached hydrogen (secondary N) is 1. The van der Waals surface area contributed by atoms with E-state index in [9.17, 15) is 14.0 Å². The minimum absolute atomic E-state index is 0.0135. The molecule has 2 heterocycles. The predicted octanol–water partition coefficient (Wildman–Crippen LogP) is 3.79. The third kappa shape index (κ3) is 3.76. The monoisotopic (exact) mass is 440 g/mol. The third-order valence-electron chi connectivity index (χ3n) is 5.06. The molecule has 0 saturated heterocycles. The number of nitrogens with zero attached hydrogens (tertiary/aromatic N) is 3. The molecule has 0 spiro atoms. The zero-order valence-corrected chi connectivity index (χ0v) is 18.1. The number of methoxy groups -OCH3 is 1. The van der Waals surface area contributed by atoms with Crippen LogP contribution in [-0.4, -0.2) is 32.9 Å². The summed E-state index contributed by atoms with van der Waals surface area (Å²) in [5, 5.41) is 3.78. The lowest BCUT2D eigenvalue weighted by atomic mass is 10.2. The summed E-state index contributed by atoms with van der Waals surface area (Å²) in [5.74, 6) is -0.234. The number of fused-ring (bicyclic) bond motifs is 3. The van der Waals surface area contributed by atoms with Crippen molar-refractivity contribution in [2.45, 2.75) is 18.6 Å². The molecule has 4 aromatic rings. The lowest BCUT2D eigenvalue weighted by Crippen LogP contribution is -2.24. The number of aromatic nitrogens is 3. The van der Waals surface area contributed by atoms with E-state index in [1.165, 1.54) is 12.1 Å². The molecule has 0 saturated carbocycles. The Kier molecular flexibility index (Phi) is 5.69. The summed E-state index contributed by atoms with van der Waals surface area (Å²) in [6.07, 6.45) is 0. The predicted molar refractivity (Wildman–Crippen MR) is 120 cm³/mol. The van der Waals surface area contributed by atoms with Crippen LogP contribution >= 0.6 is 11.8 Å². The second-order valence-electron chi connectivity index (χ2n) is 6.90. The first-order valence-electron chi connectivity index (χ1n) is 9.68. The topological polar surface area (TPSA) is 78.2 Å². The van der Waals surface area contributed by atoms with Crippen LogP contribution in [0, 0.1) is 5.82 Å². The second-order valence-corrected chi connectivity index (χ2v) is 7.84. The molecule has 0 fully saturated rings. The number of ether oxygens (including phenoxy) is 1. The highest BCUT2D eigenvalue weighted by atomic mass is 32.2. The summed E-state index contributed by atoms with van der Waals surface area (Å²) in [6, 6.07) is 11.5. The average molecular weight is 441 g/mol. The molecule has 0 bridgehead atoms. The molecule has 7 nitrogen and oxygen atoms in total. The molecule has 0 aliphatic heterocycles. The molecule has 4 rings (SSSR count). The summed E-state index contributed by atoms with van der Waals surface area (Å²) in [5.41, 5.74) is 1.85. The number of para-hydroxylation sites is 1. The number of hydrogen-bond acceptors (Lipinski definition) is 5. The minimum Gasteiger partial charge on any atom is -0.497 e. The fraction of sp³-hybridized carbons (Fsp3) is 0.227. The number of anilines is 1. The van der Waals surface area contributed by atoms with Crippen LogP contribution in [0.1, 0.15) is 6.92 Å². The van der Waals surface area contributed by atoms with E-state index in [4.69, 9.17) is 9.72 Å². The van der Waals surface area contributed by atoms with Crippen LogP contribution in [0.3, 0.4) is 0 Å². The van der Waals surface area contributed by atoms with Crippen LogP contribution in [0.2, 0.25) is 0 Å². The van der Waals surface area contributed by atoms with Crippen molar-refractivity contribution in [3.05, 3.63) is 58.6 Å². The fourth-order valence-electron chi connectivity index (χ4n) is 3.53. The molecule has 0 aliphatic rings. The Hall–Kier alpha value is -3.33. The number of rotatable bonds is 6. The Morgan fingerprint density at radius 3 is 2.74 bits per heavy atom. The van der Waals surface area contributed by atoms with Gasteiger partial charge in [-0.1, -0.05) is 23.9 Å². The van der Waals surface area contributed by atoms with E-state index in [1.54, 1.807) is 23.8 Å². The van der Waals surface area contributed by atoms with Crippen molar-refractivity contribution in [3.63, 3.8) is 0 Å². The standard InChI is InChI=1S/C22H21FN4O3S/c1-4-27-21(29)20-19(14-11-13(30-3)9-10-17(14)26(20)2)25-22(27)31-12-18(28)24-16-8-6-5-7-15(16)23/h5-11H,4,12H2,1-3H3,(H,24,28). The maximum Gasteiger partial charge on any atom is 0.278 e. The van der Waals surface area contributed by atoms with Crippen molar-refractivity contribution < 1.29 is 13.9 Å². The maximum absolute atomic E-state index is 13.8. The van der Waals surface area contributed by atoms with Crippen LogP contribution in [-0.2, 0) is 18.4 Å². The molecule has 1 amide bonds. The second kappa shape index (κ2) is 8.43. The van der Waals surface area contributed by atoms with Gasteiger partial charge in [-0.15, -0.1) is 0 Å². The molecule has 0 unspecified atom stereocenters. The zero-order valence-electron chi connectivity index (χ0n) is 17.3. The Labute approximate surface area is 181 Å². The largest absolute Gasteiger partial charge is 0.497 e. The normalized spacial score (nSPS) is 11.2. The summed E-state index contributed by atoms with van der Waals surface area (Å²) >= 11 is 1.14. The average Bonchev–Trinajstić information content (AvgIpc) is 3.05. The first-order valence-corrected chi connectivity index (χ1v) is 10.7. The quantitative estimate of drug-likeness (QED) is 0.365. The van der Waals surface area contributed by atoms with Gasteiger partial charge in [-0.3, -0.25) is 14.2 Å². The van der Waals surface area contributed by atoms with Crippen molar-refractivity contribution in [3.8, 4) is 5.75 Å². The molecular formula is C22H21FN4O3S. The van der Waals surface area contributed by atoms with E-state index in [1.807, 2.05) is 36.7 Å². The van der Waals surface area contributed by atoms with Gasteiger partial charge in [-0.25, -0.2) is 9.37 Å². The van der Waals surface area contributed by atoms with Crippen LogP contribution < -0.4 is 15.6 Å². The van der Waals surface area contributed by atoms with Gasteiger partial charge in [-0.2, -0.15) is 0 Å². The highest BCUT2D eigenvalue weighted by Crippen LogP contribution is 2.30. The molecular weight excluding hydrogens is 419 g/mol. The van der Waals surface area contributed by atoms with E-state index in [-0.39, 0.29) is 22.9 Å². The van der Waals surface area contributed by atoms with Crippen LogP contribution in [0.25, 0.3) is 21.9 Å². The fourth-order valence-corrected chi connectivity index (χ4v) is 4.38. The molecule has 0 atom stereocenters. The lowest BCUT2D eigenvalue weighted by molar-refractivity contribution is -0.113. The first-order chi connectivity index (χ1) is 14.9. The highest BCUT2D eigenvalue weighted by molar-refractivity contribution is 7.99. The van der Waals surface area contributed by atoms with E-state index in [2.05, 4.69) is 5.32 Å². The number of hydrogen-bond donors (Lipinski definition) is 1. The first kappa shape index (κ1) is 20.9. The summed E-state index contributed by atoms with van der Waals surface area (Å²) in [6.45, 7) is 2.26. The molecule has 0 aliphatic carbocycles. The molecule has 160 valence electrons. The van der Waals surface area contributed by atoms with Crippen LogP contribution in [0.5, 0.6) is 5.75 Å².